The number of nitrogens with one attached hydrogen (secondary N) is 1. The molecule has 1 unspecified atom stereocenters. The van der Waals surface area contributed by atoms with E-state index in [1.54, 1.807) is 0 Å². The molecule has 0 aliphatic carbocycles. The molecule has 2 rings (SSSR count). The maximum Gasteiger partial charge on any atom is 0.417 e. The van der Waals surface area contributed by atoms with Crippen molar-refractivity contribution in [1.82, 2.24) is 9.78 Å². The first kappa shape index (κ1) is 18.9. The average Bonchev–Trinajstić information content (AvgIpc) is 3.02. The van der Waals surface area contributed by atoms with Crippen molar-refractivity contribution in [3.63, 3.8) is 0 Å². The molecule has 0 aliphatic rings. The molecule has 1 heterocycles. The molecule has 0 radical (unpaired) electrons. The van der Waals surface area contributed by atoms with E-state index < -0.39 is 35.2 Å². The molecule has 0 saturated heterocycles. The quantitative estimate of drug-likeness (QED) is 0.721. The van der Waals surface area contributed by atoms with Gasteiger partial charge in [0.15, 0.2) is 6.10 Å². The van der Waals surface area contributed by atoms with Gasteiger partial charge < -0.3 is 16.2 Å². The molecule has 1 aromatic carbocycles. The Morgan fingerprint density at radius 3 is 2.65 bits per heavy atom. The number of hydrogen-bond donors (Lipinski definition) is 3. The van der Waals surface area contributed by atoms with Crippen molar-refractivity contribution in [3.05, 3.63) is 47.3 Å². The summed E-state index contributed by atoms with van der Waals surface area (Å²) in [4.78, 5) is 22.9. The van der Waals surface area contributed by atoms with Gasteiger partial charge in [-0.15, -0.1) is 0 Å². The number of aromatic nitrogens is 2. The van der Waals surface area contributed by atoms with E-state index in [0.717, 1.165) is 23.0 Å². The summed E-state index contributed by atoms with van der Waals surface area (Å²) in [5.41, 5.74) is 3.08. The van der Waals surface area contributed by atoms with Gasteiger partial charge in [0.1, 0.15) is 0 Å². The Hall–Kier alpha value is -3.39. The van der Waals surface area contributed by atoms with Gasteiger partial charge in [-0.3, -0.25) is 14.3 Å². The van der Waals surface area contributed by atoms with Crippen molar-refractivity contribution in [1.29, 1.82) is 5.26 Å². The minimum Gasteiger partial charge on any atom is -0.381 e. The van der Waals surface area contributed by atoms with Gasteiger partial charge in [-0.2, -0.15) is 23.5 Å². The number of primary amides is 1. The van der Waals surface area contributed by atoms with Gasteiger partial charge in [-0.05, 0) is 18.2 Å². The highest BCUT2D eigenvalue weighted by molar-refractivity contribution is 5.94. The van der Waals surface area contributed by atoms with E-state index in [9.17, 15) is 27.9 Å². The highest BCUT2D eigenvalue weighted by atomic mass is 19.4. The minimum atomic E-state index is -4.77. The number of hydrogen-bond acceptors (Lipinski definition) is 5. The van der Waals surface area contributed by atoms with Crippen molar-refractivity contribution in [2.75, 3.05) is 5.32 Å². The SMILES string of the molecule is N#Cc1ccc(NC(=O)C(O)Cn2cc(C(N)=O)cn2)cc1C(F)(F)F. The monoisotopic (exact) mass is 367 g/mol. The van der Waals surface area contributed by atoms with Gasteiger partial charge in [-0.25, -0.2) is 0 Å². The zero-order chi connectivity index (χ0) is 19.5. The van der Waals surface area contributed by atoms with Crippen molar-refractivity contribution in [2.45, 2.75) is 18.8 Å². The molecule has 0 saturated carbocycles. The molecule has 0 spiro atoms. The van der Waals surface area contributed by atoms with E-state index >= 15 is 0 Å². The summed E-state index contributed by atoms with van der Waals surface area (Å²) < 4.78 is 39.8. The van der Waals surface area contributed by atoms with Gasteiger partial charge in [0.2, 0.25) is 0 Å². The van der Waals surface area contributed by atoms with Gasteiger partial charge in [0.05, 0.1) is 35.5 Å². The van der Waals surface area contributed by atoms with E-state index in [1.807, 2.05) is 0 Å². The number of alkyl halides is 3. The zero-order valence-corrected chi connectivity index (χ0v) is 13.0. The lowest BCUT2D eigenvalue weighted by Gasteiger charge is -2.14. The summed E-state index contributed by atoms with van der Waals surface area (Å²) in [5.74, 6) is -1.73. The number of nitrogens with zero attached hydrogens (tertiary/aromatic N) is 3. The number of aliphatic hydroxyl groups excluding tert-OH is 1. The van der Waals surface area contributed by atoms with Crippen LogP contribution in [-0.4, -0.2) is 32.8 Å². The summed E-state index contributed by atoms with van der Waals surface area (Å²) in [6, 6.07) is 4.04. The number of halogens is 3. The number of amides is 2. The Morgan fingerprint density at radius 1 is 1.42 bits per heavy atom. The fourth-order valence-corrected chi connectivity index (χ4v) is 2.03. The third-order valence-corrected chi connectivity index (χ3v) is 3.29. The summed E-state index contributed by atoms with van der Waals surface area (Å²) in [6.45, 7) is -0.346. The molecule has 0 aliphatic heterocycles. The van der Waals surface area contributed by atoms with Gasteiger partial charge in [0, 0.05) is 11.9 Å². The zero-order valence-electron chi connectivity index (χ0n) is 13.0. The molecule has 2 amide bonds. The van der Waals surface area contributed by atoms with Crippen molar-refractivity contribution >= 4 is 17.5 Å². The first-order chi connectivity index (χ1) is 12.1. The van der Waals surface area contributed by atoms with E-state index in [-0.39, 0.29) is 17.8 Å². The standard InChI is InChI=1S/C15H12F3N5O3/c16-15(17,18)11-3-10(2-1-8(11)4-19)22-14(26)12(24)7-23-6-9(5-21-23)13(20)25/h1-3,5-6,12,24H,7H2,(H2,20,25)(H,22,26). The number of benzene rings is 1. The minimum absolute atomic E-state index is 0.0690. The average molecular weight is 367 g/mol. The normalized spacial score (nSPS) is 12.3. The molecular formula is C15H12F3N5O3. The number of aliphatic hydroxyl groups is 1. The second-order valence-electron chi connectivity index (χ2n) is 5.19. The van der Waals surface area contributed by atoms with Crippen molar-refractivity contribution in [2.24, 2.45) is 5.73 Å². The lowest BCUT2D eigenvalue weighted by Crippen LogP contribution is -2.32. The molecule has 1 atom stereocenters. The highest BCUT2D eigenvalue weighted by Gasteiger charge is 2.34. The molecule has 1 aromatic heterocycles. The Morgan fingerprint density at radius 2 is 2.12 bits per heavy atom. The van der Waals surface area contributed by atoms with E-state index in [4.69, 9.17) is 11.0 Å². The Bertz CT molecular complexity index is 885. The Balaban J connectivity index is 2.11. The summed E-state index contributed by atoms with van der Waals surface area (Å²) >= 11 is 0. The molecular weight excluding hydrogens is 355 g/mol. The maximum absolute atomic E-state index is 12.9. The van der Waals surface area contributed by atoms with Crippen LogP contribution in [0.2, 0.25) is 0 Å². The number of nitrogens with two attached hydrogens (primary N) is 1. The van der Waals surface area contributed by atoms with E-state index in [1.165, 1.54) is 12.3 Å². The van der Waals surface area contributed by atoms with Crippen LogP contribution in [0.4, 0.5) is 18.9 Å². The summed E-state index contributed by atoms with van der Waals surface area (Å²) in [5, 5.41) is 24.4. The lowest BCUT2D eigenvalue weighted by molar-refractivity contribution is -0.137. The lowest BCUT2D eigenvalue weighted by atomic mass is 10.1. The predicted molar refractivity (Wildman–Crippen MR) is 81.5 cm³/mol. The second kappa shape index (κ2) is 7.24. The molecule has 0 bridgehead atoms. The second-order valence-corrected chi connectivity index (χ2v) is 5.19. The van der Waals surface area contributed by atoms with Crippen molar-refractivity contribution < 1.29 is 27.9 Å². The molecule has 8 nitrogen and oxygen atoms in total. The Kier molecular flexibility index (Phi) is 5.27. The Labute approximate surface area is 144 Å². The van der Waals surface area contributed by atoms with Crippen LogP contribution >= 0.6 is 0 Å². The van der Waals surface area contributed by atoms with E-state index in [0.29, 0.717) is 6.07 Å². The van der Waals surface area contributed by atoms with Crippen LogP contribution in [0, 0.1) is 11.3 Å². The molecule has 136 valence electrons. The smallest absolute Gasteiger partial charge is 0.381 e. The predicted octanol–water partition coefficient (Wildman–Crippen LogP) is 0.872. The van der Waals surface area contributed by atoms with E-state index in [2.05, 4.69) is 10.4 Å². The van der Waals surface area contributed by atoms with Crippen LogP contribution in [0.1, 0.15) is 21.5 Å². The topological polar surface area (TPSA) is 134 Å². The number of nitriles is 1. The van der Waals surface area contributed by atoms with Crippen LogP contribution in [0.25, 0.3) is 0 Å². The first-order valence-electron chi connectivity index (χ1n) is 7.04. The number of anilines is 1. The third-order valence-electron chi connectivity index (χ3n) is 3.29. The molecule has 2 aromatic rings. The van der Waals surface area contributed by atoms with Gasteiger partial charge in [0.25, 0.3) is 11.8 Å². The van der Waals surface area contributed by atoms with Crippen LogP contribution < -0.4 is 11.1 Å². The number of rotatable bonds is 5. The van der Waals surface area contributed by atoms with Crippen molar-refractivity contribution in [3.8, 4) is 6.07 Å². The molecule has 4 N–H and O–H groups in total. The summed E-state index contributed by atoms with van der Waals surface area (Å²) in [6.07, 6.45) is -4.07. The third kappa shape index (κ3) is 4.37. The van der Waals surface area contributed by atoms with Crippen LogP contribution in [0.3, 0.4) is 0 Å². The first-order valence-corrected chi connectivity index (χ1v) is 7.04. The number of carbonyl (C=O) groups excluding carboxylic acids is 2. The largest absolute Gasteiger partial charge is 0.417 e. The molecule has 0 fully saturated rings. The van der Waals surface area contributed by atoms with Gasteiger partial charge >= 0.3 is 6.18 Å². The highest BCUT2D eigenvalue weighted by Crippen LogP contribution is 2.33. The molecule has 11 heteroatoms. The van der Waals surface area contributed by atoms with Crippen LogP contribution in [0.15, 0.2) is 30.6 Å². The van der Waals surface area contributed by atoms with Crippen LogP contribution in [-0.2, 0) is 17.5 Å². The molecule has 26 heavy (non-hydrogen) atoms. The van der Waals surface area contributed by atoms with Gasteiger partial charge in [-0.1, -0.05) is 0 Å². The summed E-state index contributed by atoms with van der Waals surface area (Å²) in [7, 11) is 0. The fourth-order valence-electron chi connectivity index (χ4n) is 2.03. The number of carbonyl (C=O) groups is 2. The maximum atomic E-state index is 12.9. The fraction of sp³-hybridized carbons (Fsp3) is 0.200. The van der Waals surface area contributed by atoms with Crippen LogP contribution in [0.5, 0.6) is 0 Å².